The smallest absolute Gasteiger partial charge is 0.289 e. The van der Waals surface area contributed by atoms with E-state index in [1.165, 1.54) is 6.26 Å². The summed E-state index contributed by atoms with van der Waals surface area (Å²) in [7, 11) is 0. The molecule has 2 aromatic rings. The summed E-state index contributed by atoms with van der Waals surface area (Å²) in [4.78, 5) is 26.5. The molecular weight excluding hydrogens is 396 g/mol. The topological polar surface area (TPSA) is 81.0 Å². The van der Waals surface area contributed by atoms with E-state index in [9.17, 15) is 9.59 Å². The summed E-state index contributed by atoms with van der Waals surface area (Å²) in [5.41, 5.74) is 0.985. The zero-order valence-corrected chi connectivity index (χ0v) is 16.7. The predicted octanol–water partition coefficient (Wildman–Crippen LogP) is 2.92. The van der Waals surface area contributed by atoms with Crippen LogP contribution in [0.3, 0.4) is 0 Å². The van der Waals surface area contributed by atoms with Crippen LogP contribution in [0.1, 0.15) is 29.0 Å². The highest BCUT2D eigenvalue weighted by Crippen LogP contribution is 2.38. The lowest BCUT2D eigenvalue weighted by Crippen LogP contribution is -2.43. The van der Waals surface area contributed by atoms with Gasteiger partial charge < -0.3 is 24.1 Å². The molecule has 0 bridgehead atoms. The van der Waals surface area contributed by atoms with Gasteiger partial charge in [-0.25, -0.2) is 0 Å². The highest BCUT2D eigenvalue weighted by atomic mass is 35.5. The van der Waals surface area contributed by atoms with Crippen molar-refractivity contribution >= 4 is 23.4 Å². The Balaban J connectivity index is 1.24. The van der Waals surface area contributed by atoms with Crippen LogP contribution in [0.25, 0.3) is 0 Å². The van der Waals surface area contributed by atoms with Crippen molar-refractivity contribution in [2.75, 3.05) is 32.8 Å². The van der Waals surface area contributed by atoms with E-state index in [4.69, 9.17) is 25.5 Å². The maximum atomic E-state index is 12.5. The van der Waals surface area contributed by atoms with Crippen LogP contribution in [0.2, 0.25) is 5.02 Å². The number of benzene rings is 1. The molecule has 0 spiro atoms. The van der Waals surface area contributed by atoms with Crippen LogP contribution < -0.4 is 14.8 Å². The van der Waals surface area contributed by atoms with E-state index in [0.717, 1.165) is 5.56 Å². The zero-order valence-electron chi connectivity index (χ0n) is 16.0. The van der Waals surface area contributed by atoms with Crippen molar-refractivity contribution in [2.24, 2.45) is 5.92 Å². The van der Waals surface area contributed by atoms with Crippen molar-refractivity contribution in [3.05, 3.63) is 46.9 Å². The summed E-state index contributed by atoms with van der Waals surface area (Å²) in [6.45, 7) is 2.61. The molecular formula is C21H23ClN2O5. The second-order valence-corrected chi connectivity index (χ2v) is 7.59. The number of rotatable bonds is 5. The third-order valence-corrected chi connectivity index (χ3v) is 5.54. The third kappa shape index (κ3) is 4.50. The van der Waals surface area contributed by atoms with Crippen LogP contribution in [-0.2, 0) is 11.2 Å². The number of fused-ring (bicyclic) bond motifs is 1. The summed E-state index contributed by atoms with van der Waals surface area (Å²) in [5.74, 6) is 1.40. The summed E-state index contributed by atoms with van der Waals surface area (Å²) in [6, 6.07) is 7.11. The van der Waals surface area contributed by atoms with Crippen molar-refractivity contribution < 1.29 is 23.5 Å². The van der Waals surface area contributed by atoms with Crippen LogP contribution in [0, 0.1) is 5.92 Å². The van der Waals surface area contributed by atoms with E-state index in [1.807, 2.05) is 12.1 Å². The van der Waals surface area contributed by atoms with Gasteiger partial charge in [-0.1, -0.05) is 11.6 Å². The Labute approximate surface area is 173 Å². The molecule has 1 aromatic heterocycles. The minimum atomic E-state index is -0.121. The van der Waals surface area contributed by atoms with Crippen molar-refractivity contribution in [1.29, 1.82) is 0 Å². The lowest BCUT2D eigenvalue weighted by Gasteiger charge is -2.30. The first-order chi connectivity index (χ1) is 14.1. The number of furan rings is 1. The lowest BCUT2D eigenvalue weighted by atomic mass is 9.95. The number of ether oxygens (including phenoxy) is 2. The summed E-state index contributed by atoms with van der Waals surface area (Å²) in [5, 5.41) is 3.52. The first-order valence-corrected chi connectivity index (χ1v) is 10.2. The first-order valence-electron chi connectivity index (χ1n) is 9.80. The number of carbonyl (C=O) groups is 2. The molecule has 2 aliphatic rings. The molecule has 154 valence electrons. The Hall–Kier alpha value is -2.67. The molecule has 0 unspecified atom stereocenters. The van der Waals surface area contributed by atoms with Crippen LogP contribution in [-0.4, -0.2) is 49.6 Å². The van der Waals surface area contributed by atoms with Gasteiger partial charge in [-0.05, 0) is 49.1 Å². The maximum Gasteiger partial charge on any atom is 0.289 e. The number of amides is 2. The Bertz CT molecular complexity index is 875. The van der Waals surface area contributed by atoms with Gasteiger partial charge in [-0.3, -0.25) is 9.59 Å². The Morgan fingerprint density at radius 1 is 1.17 bits per heavy atom. The minimum Gasteiger partial charge on any atom is -0.486 e. The molecule has 1 aromatic carbocycles. The molecule has 0 aliphatic carbocycles. The van der Waals surface area contributed by atoms with Crippen LogP contribution >= 0.6 is 11.6 Å². The molecule has 29 heavy (non-hydrogen) atoms. The van der Waals surface area contributed by atoms with Crippen molar-refractivity contribution in [2.45, 2.75) is 19.3 Å². The summed E-state index contributed by atoms with van der Waals surface area (Å²) in [6.07, 6.45) is 3.43. The number of halogens is 1. The van der Waals surface area contributed by atoms with Gasteiger partial charge in [0.2, 0.25) is 5.91 Å². The monoisotopic (exact) mass is 418 g/mol. The van der Waals surface area contributed by atoms with Crippen molar-refractivity contribution in [3.8, 4) is 11.5 Å². The maximum absolute atomic E-state index is 12.5. The average molecular weight is 419 g/mol. The fraction of sp³-hybridized carbons (Fsp3) is 0.429. The third-order valence-electron chi connectivity index (χ3n) is 5.25. The van der Waals surface area contributed by atoms with Crippen LogP contribution in [0.15, 0.2) is 34.9 Å². The lowest BCUT2D eigenvalue weighted by molar-refractivity contribution is -0.126. The van der Waals surface area contributed by atoms with E-state index < -0.39 is 0 Å². The largest absolute Gasteiger partial charge is 0.486 e. The van der Waals surface area contributed by atoms with Gasteiger partial charge in [0.15, 0.2) is 17.3 Å². The fourth-order valence-corrected chi connectivity index (χ4v) is 3.97. The standard InChI is InChI=1S/C21H23ClN2O5/c22-16-12-14(13-18-19(16)29-11-10-28-18)3-6-23-20(25)15-4-7-24(8-5-15)21(26)17-2-1-9-27-17/h1-2,9,12-13,15H,3-8,10-11H2,(H,23,25). The Kier molecular flexibility index (Phi) is 5.94. The molecule has 4 rings (SSSR count). The molecule has 1 N–H and O–H groups in total. The molecule has 0 atom stereocenters. The number of nitrogens with zero attached hydrogens (tertiary/aromatic N) is 1. The van der Waals surface area contributed by atoms with Crippen molar-refractivity contribution in [3.63, 3.8) is 0 Å². The van der Waals surface area contributed by atoms with Gasteiger partial charge in [0.05, 0.1) is 11.3 Å². The Morgan fingerprint density at radius 2 is 1.97 bits per heavy atom. The van der Waals surface area contributed by atoms with E-state index in [0.29, 0.717) is 74.4 Å². The fourth-order valence-electron chi connectivity index (χ4n) is 3.68. The van der Waals surface area contributed by atoms with Gasteiger partial charge in [0.25, 0.3) is 5.91 Å². The van der Waals surface area contributed by atoms with Crippen LogP contribution in [0.4, 0.5) is 0 Å². The second kappa shape index (κ2) is 8.78. The summed E-state index contributed by atoms with van der Waals surface area (Å²) >= 11 is 6.26. The molecule has 0 radical (unpaired) electrons. The molecule has 1 fully saturated rings. The molecule has 0 saturated carbocycles. The second-order valence-electron chi connectivity index (χ2n) is 7.19. The van der Waals surface area contributed by atoms with Gasteiger partial charge in [0.1, 0.15) is 13.2 Å². The van der Waals surface area contributed by atoms with E-state index >= 15 is 0 Å². The van der Waals surface area contributed by atoms with Gasteiger partial charge in [-0.2, -0.15) is 0 Å². The number of piperidine rings is 1. The minimum absolute atomic E-state index is 0.0266. The van der Waals surface area contributed by atoms with E-state index in [-0.39, 0.29) is 17.7 Å². The number of hydrogen-bond donors (Lipinski definition) is 1. The molecule has 7 nitrogen and oxygen atoms in total. The van der Waals surface area contributed by atoms with Gasteiger partial charge >= 0.3 is 0 Å². The number of nitrogens with one attached hydrogen (secondary N) is 1. The highest BCUT2D eigenvalue weighted by Gasteiger charge is 2.28. The molecule has 1 saturated heterocycles. The molecule has 2 aliphatic heterocycles. The highest BCUT2D eigenvalue weighted by molar-refractivity contribution is 6.32. The quantitative estimate of drug-likeness (QED) is 0.807. The van der Waals surface area contributed by atoms with E-state index in [1.54, 1.807) is 17.0 Å². The van der Waals surface area contributed by atoms with Crippen molar-refractivity contribution in [1.82, 2.24) is 10.2 Å². The summed E-state index contributed by atoms with van der Waals surface area (Å²) < 4.78 is 16.3. The normalized spacial score (nSPS) is 16.5. The number of hydrogen-bond acceptors (Lipinski definition) is 5. The predicted molar refractivity (Wildman–Crippen MR) is 106 cm³/mol. The zero-order chi connectivity index (χ0) is 20.2. The Morgan fingerprint density at radius 3 is 2.72 bits per heavy atom. The first kappa shape index (κ1) is 19.6. The molecule has 8 heteroatoms. The van der Waals surface area contributed by atoms with Crippen LogP contribution in [0.5, 0.6) is 11.5 Å². The van der Waals surface area contributed by atoms with Gasteiger partial charge in [0, 0.05) is 25.6 Å². The van der Waals surface area contributed by atoms with Gasteiger partial charge in [-0.15, -0.1) is 0 Å². The molecule has 2 amide bonds. The van der Waals surface area contributed by atoms with E-state index in [2.05, 4.69) is 5.32 Å². The SMILES string of the molecule is O=C(NCCc1cc(Cl)c2c(c1)OCCO2)C1CCN(C(=O)c2ccco2)CC1. The molecule has 3 heterocycles. The number of carbonyl (C=O) groups excluding carboxylic acids is 2. The number of likely N-dealkylation sites (tertiary alicyclic amines) is 1. The average Bonchev–Trinajstić information content (AvgIpc) is 3.28.